The molecule has 1 N–H and O–H groups in total. The highest BCUT2D eigenvalue weighted by atomic mass is 35.5. The smallest absolute Gasteiger partial charge is 0.0348 e. The first-order valence-electron chi connectivity index (χ1n) is 4.70. The predicted molar refractivity (Wildman–Crippen MR) is 50.2 cm³/mol. The molecule has 1 nitrogen and oxygen atoms in total. The monoisotopic (exact) mass is 175 g/mol. The van der Waals surface area contributed by atoms with Gasteiger partial charge in [-0.1, -0.05) is 19.3 Å². The number of hydrogen-bond donors (Lipinski definition) is 1. The Hall–Kier alpha value is 0.250. The molecule has 0 aliphatic heterocycles. The summed E-state index contributed by atoms with van der Waals surface area (Å²) in [5.74, 6) is 1.68. The second kappa shape index (κ2) is 5.84. The van der Waals surface area contributed by atoms with Crippen molar-refractivity contribution in [2.75, 3.05) is 19.0 Å². The summed E-state index contributed by atoms with van der Waals surface area (Å²) in [6.45, 7) is 2.16. The summed E-state index contributed by atoms with van der Waals surface area (Å²) in [7, 11) is 0. The standard InChI is InChI=1S/C9H18ClN/c10-6-7-11-8-9-4-2-1-3-5-9/h9,11H,1-8H2. The zero-order valence-electron chi connectivity index (χ0n) is 7.11. The van der Waals surface area contributed by atoms with Crippen molar-refractivity contribution < 1.29 is 0 Å². The van der Waals surface area contributed by atoms with Crippen LogP contribution in [-0.4, -0.2) is 19.0 Å². The molecule has 1 saturated carbocycles. The average molecular weight is 176 g/mol. The van der Waals surface area contributed by atoms with Gasteiger partial charge in [-0.2, -0.15) is 0 Å². The van der Waals surface area contributed by atoms with Crippen molar-refractivity contribution in [1.82, 2.24) is 5.32 Å². The average Bonchev–Trinajstić information content (AvgIpc) is 2.07. The molecular formula is C9H18ClN. The second-order valence-electron chi connectivity index (χ2n) is 3.40. The topological polar surface area (TPSA) is 12.0 Å². The van der Waals surface area contributed by atoms with Gasteiger partial charge in [0.2, 0.25) is 0 Å². The van der Waals surface area contributed by atoms with Crippen molar-refractivity contribution in [3.05, 3.63) is 0 Å². The van der Waals surface area contributed by atoms with Crippen LogP contribution in [0.2, 0.25) is 0 Å². The van der Waals surface area contributed by atoms with Gasteiger partial charge in [-0.05, 0) is 25.3 Å². The molecule has 0 bridgehead atoms. The normalized spacial score (nSPS) is 20.5. The molecule has 0 aromatic rings. The van der Waals surface area contributed by atoms with E-state index in [4.69, 9.17) is 11.6 Å². The fourth-order valence-electron chi connectivity index (χ4n) is 1.76. The van der Waals surface area contributed by atoms with Crippen LogP contribution < -0.4 is 5.32 Å². The van der Waals surface area contributed by atoms with Crippen LogP contribution in [0.25, 0.3) is 0 Å². The van der Waals surface area contributed by atoms with E-state index < -0.39 is 0 Å². The fraction of sp³-hybridized carbons (Fsp3) is 1.00. The Morgan fingerprint density at radius 3 is 2.55 bits per heavy atom. The van der Waals surface area contributed by atoms with Crippen LogP contribution in [0, 0.1) is 5.92 Å². The van der Waals surface area contributed by atoms with Gasteiger partial charge in [0.25, 0.3) is 0 Å². The molecule has 1 aliphatic rings. The molecule has 0 heterocycles. The van der Waals surface area contributed by atoms with E-state index in [1.807, 2.05) is 0 Å². The molecule has 1 fully saturated rings. The van der Waals surface area contributed by atoms with E-state index >= 15 is 0 Å². The SMILES string of the molecule is ClCCNCC1CCCCC1. The Morgan fingerprint density at radius 1 is 1.18 bits per heavy atom. The van der Waals surface area contributed by atoms with Crippen LogP contribution in [0.1, 0.15) is 32.1 Å². The predicted octanol–water partition coefficient (Wildman–Crippen LogP) is 2.40. The first-order chi connectivity index (χ1) is 5.43. The zero-order chi connectivity index (χ0) is 7.94. The Kier molecular flexibility index (Phi) is 4.96. The summed E-state index contributed by atoms with van der Waals surface area (Å²) < 4.78 is 0. The van der Waals surface area contributed by atoms with Gasteiger partial charge in [-0.3, -0.25) is 0 Å². The van der Waals surface area contributed by atoms with Gasteiger partial charge in [0.1, 0.15) is 0 Å². The third-order valence-electron chi connectivity index (χ3n) is 2.43. The summed E-state index contributed by atoms with van der Waals surface area (Å²) in [5.41, 5.74) is 0. The number of halogens is 1. The summed E-state index contributed by atoms with van der Waals surface area (Å²) in [6, 6.07) is 0. The summed E-state index contributed by atoms with van der Waals surface area (Å²) in [6.07, 6.45) is 7.18. The van der Waals surface area contributed by atoms with Crippen LogP contribution in [0.5, 0.6) is 0 Å². The lowest BCUT2D eigenvalue weighted by Crippen LogP contribution is -2.25. The number of nitrogens with one attached hydrogen (secondary N) is 1. The van der Waals surface area contributed by atoms with E-state index in [1.54, 1.807) is 0 Å². The lowest BCUT2D eigenvalue weighted by Gasteiger charge is -2.21. The summed E-state index contributed by atoms with van der Waals surface area (Å²) >= 11 is 5.56. The van der Waals surface area contributed by atoms with Crippen LogP contribution in [0.15, 0.2) is 0 Å². The third-order valence-corrected chi connectivity index (χ3v) is 2.62. The lowest BCUT2D eigenvalue weighted by atomic mass is 9.89. The van der Waals surface area contributed by atoms with Crippen LogP contribution in [0.3, 0.4) is 0 Å². The van der Waals surface area contributed by atoms with Crippen molar-refractivity contribution in [3.8, 4) is 0 Å². The van der Waals surface area contributed by atoms with Gasteiger partial charge in [-0.25, -0.2) is 0 Å². The quantitative estimate of drug-likeness (QED) is 0.511. The van der Waals surface area contributed by atoms with E-state index in [9.17, 15) is 0 Å². The van der Waals surface area contributed by atoms with Crippen LogP contribution in [-0.2, 0) is 0 Å². The number of hydrogen-bond acceptors (Lipinski definition) is 1. The van der Waals surface area contributed by atoms with Gasteiger partial charge >= 0.3 is 0 Å². The Morgan fingerprint density at radius 2 is 1.91 bits per heavy atom. The first-order valence-corrected chi connectivity index (χ1v) is 5.23. The van der Waals surface area contributed by atoms with Crippen molar-refractivity contribution >= 4 is 11.6 Å². The molecule has 0 unspecified atom stereocenters. The van der Waals surface area contributed by atoms with Crippen LogP contribution >= 0.6 is 11.6 Å². The third kappa shape index (κ3) is 3.97. The maximum absolute atomic E-state index is 5.56. The molecule has 0 aromatic heterocycles. The van der Waals surface area contributed by atoms with Gasteiger partial charge in [0.15, 0.2) is 0 Å². The minimum atomic E-state index is 0.743. The maximum atomic E-state index is 5.56. The van der Waals surface area contributed by atoms with E-state index in [0.29, 0.717) is 0 Å². The fourth-order valence-corrected chi connectivity index (χ4v) is 1.90. The van der Waals surface area contributed by atoms with Gasteiger partial charge < -0.3 is 5.32 Å². The van der Waals surface area contributed by atoms with E-state index in [2.05, 4.69) is 5.32 Å². The van der Waals surface area contributed by atoms with E-state index in [-0.39, 0.29) is 0 Å². The lowest BCUT2D eigenvalue weighted by molar-refractivity contribution is 0.345. The largest absolute Gasteiger partial charge is 0.315 e. The van der Waals surface area contributed by atoms with Crippen molar-refractivity contribution in [1.29, 1.82) is 0 Å². The Balaban J connectivity index is 1.96. The highest BCUT2D eigenvalue weighted by Gasteiger charge is 2.11. The Labute approximate surface area is 74.5 Å². The molecule has 0 aromatic carbocycles. The molecule has 0 spiro atoms. The molecular weight excluding hydrogens is 158 g/mol. The minimum absolute atomic E-state index is 0.743. The first kappa shape index (κ1) is 9.34. The minimum Gasteiger partial charge on any atom is -0.315 e. The molecule has 0 radical (unpaired) electrons. The maximum Gasteiger partial charge on any atom is 0.0348 e. The van der Waals surface area contributed by atoms with Gasteiger partial charge in [-0.15, -0.1) is 11.6 Å². The molecule has 0 atom stereocenters. The zero-order valence-corrected chi connectivity index (χ0v) is 7.87. The molecule has 1 aliphatic carbocycles. The second-order valence-corrected chi connectivity index (χ2v) is 3.78. The van der Waals surface area contributed by atoms with Crippen LogP contribution in [0.4, 0.5) is 0 Å². The highest BCUT2D eigenvalue weighted by Crippen LogP contribution is 2.22. The number of rotatable bonds is 4. The number of alkyl halides is 1. The molecule has 0 amide bonds. The highest BCUT2D eigenvalue weighted by molar-refractivity contribution is 6.18. The van der Waals surface area contributed by atoms with E-state index in [1.165, 1.54) is 38.6 Å². The molecule has 0 saturated heterocycles. The van der Waals surface area contributed by atoms with Crippen molar-refractivity contribution in [2.24, 2.45) is 5.92 Å². The Bertz CT molecular complexity index is 89.6. The van der Waals surface area contributed by atoms with E-state index in [0.717, 1.165) is 18.3 Å². The molecule has 2 heteroatoms. The molecule has 1 rings (SSSR count). The van der Waals surface area contributed by atoms with Gasteiger partial charge in [0.05, 0.1) is 0 Å². The summed E-state index contributed by atoms with van der Waals surface area (Å²) in [4.78, 5) is 0. The molecule has 11 heavy (non-hydrogen) atoms. The van der Waals surface area contributed by atoms with Gasteiger partial charge in [0, 0.05) is 12.4 Å². The molecule has 66 valence electrons. The van der Waals surface area contributed by atoms with Crippen molar-refractivity contribution in [2.45, 2.75) is 32.1 Å². The summed E-state index contributed by atoms with van der Waals surface area (Å²) in [5, 5.41) is 3.37. The van der Waals surface area contributed by atoms with Crippen molar-refractivity contribution in [3.63, 3.8) is 0 Å².